The zero-order chi connectivity index (χ0) is 18.4. The molecule has 3 aromatic rings. The minimum Gasteiger partial charge on any atom is -0.339 e. The van der Waals surface area contributed by atoms with E-state index in [-0.39, 0.29) is 12.0 Å². The number of pyridine rings is 2. The Bertz CT molecular complexity index is 981. The molecule has 138 valence electrons. The molecule has 1 aliphatic heterocycles. The van der Waals surface area contributed by atoms with Gasteiger partial charge in [0.1, 0.15) is 5.69 Å². The van der Waals surface area contributed by atoms with Crippen LogP contribution in [0.2, 0.25) is 0 Å². The van der Waals surface area contributed by atoms with Gasteiger partial charge in [-0.15, -0.1) is 5.10 Å². The molecule has 3 aromatic heterocycles. The molecule has 4 heterocycles. The average molecular weight is 362 g/mol. The summed E-state index contributed by atoms with van der Waals surface area (Å²) in [4.78, 5) is 20.9. The van der Waals surface area contributed by atoms with Gasteiger partial charge >= 0.3 is 0 Å². The van der Waals surface area contributed by atoms with Gasteiger partial charge in [0.2, 0.25) is 5.91 Å². The number of amides is 1. The first-order valence-electron chi connectivity index (χ1n) is 9.45. The van der Waals surface area contributed by atoms with Crippen LogP contribution in [0.4, 0.5) is 0 Å². The number of rotatable bonds is 3. The van der Waals surface area contributed by atoms with E-state index in [0.29, 0.717) is 12.5 Å². The van der Waals surface area contributed by atoms with Gasteiger partial charge in [0, 0.05) is 49.7 Å². The highest BCUT2D eigenvalue weighted by Gasteiger charge is 2.37. The predicted octanol–water partition coefficient (Wildman–Crippen LogP) is 2.02. The first-order valence-corrected chi connectivity index (χ1v) is 9.45. The smallest absolute Gasteiger partial charge is 0.225 e. The van der Waals surface area contributed by atoms with Crippen LogP contribution in [0.25, 0.3) is 16.6 Å². The van der Waals surface area contributed by atoms with Crippen molar-refractivity contribution in [1.29, 1.82) is 0 Å². The van der Waals surface area contributed by atoms with Gasteiger partial charge in [-0.2, -0.15) is 0 Å². The zero-order valence-corrected chi connectivity index (χ0v) is 15.3. The second-order valence-corrected chi connectivity index (χ2v) is 7.51. The fraction of sp³-hybridized carbons (Fsp3) is 0.400. The Hall–Kier alpha value is -2.80. The Kier molecular flexibility index (Phi) is 3.89. The van der Waals surface area contributed by atoms with Crippen molar-refractivity contribution in [2.75, 3.05) is 26.7 Å². The van der Waals surface area contributed by atoms with Crippen LogP contribution in [0.1, 0.15) is 24.6 Å². The summed E-state index contributed by atoms with van der Waals surface area (Å²) in [6.45, 7) is 2.34. The normalized spacial score (nSPS) is 20.9. The largest absolute Gasteiger partial charge is 0.339 e. The molecule has 7 heteroatoms. The van der Waals surface area contributed by atoms with Crippen LogP contribution in [0.5, 0.6) is 0 Å². The van der Waals surface area contributed by atoms with Gasteiger partial charge < -0.3 is 4.90 Å². The number of likely N-dealkylation sites (N-methyl/N-ethyl adjacent to an activating group) is 1. The summed E-state index contributed by atoms with van der Waals surface area (Å²) in [6, 6.07) is 8.20. The lowest BCUT2D eigenvalue weighted by Crippen LogP contribution is -2.49. The third kappa shape index (κ3) is 2.98. The van der Waals surface area contributed by atoms with E-state index in [1.807, 2.05) is 27.7 Å². The lowest BCUT2D eigenvalue weighted by molar-refractivity contribution is -0.135. The number of fused-ring (bicyclic) bond motifs is 1. The van der Waals surface area contributed by atoms with Gasteiger partial charge in [0.05, 0.1) is 11.6 Å². The number of hydrogen-bond donors (Lipinski definition) is 0. The molecule has 0 bridgehead atoms. The maximum atomic E-state index is 12.5. The fourth-order valence-corrected chi connectivity index (χ4v) is 3.82. The summed E-state index contributed by atoms with van der Waals surface area (Å²) in [5.74, 6) is 0.568. The molecule has 27 heavy (non-hydrogen) atoms. The van der Waals surface area contributed by atoms with Gasteiger partial charge in [0.15, 0.2) is 0 Å². The summed E-state index contributed by atoms with van der Waals surface area (Å²) >= 11 is 0. The monoisotopic (exact) mass is 362 g/mol. The van der Waals surface area contributed by atoms with Crippen LogP contribution in [0.15, 0.2) is 42.9 Å². The van der Waals surface area contributed by atoms with E-state index in [1.165, 1.54) is 0 Å². The van der Waals surface area contributed by atoms with E-state index in [0.717, 1.165) is 48.3 Å². The van der Waals surface area contributed by atoms with Gasteiger partial charge in [0.25, 0.3) is 0 Å². The van der Waals surface area contributed by atoms with Crippen molar-refractivity contribution in [3.05, 3.63) is 48.5 Å². The zero-order valence-electron chi connectivity index (χ0n) is 15.3. The van der Waals surface area contributed by atoms with Crippen LogP contribution < -0.4 is 0 Å². The van der Waals surface area contributed by atoms with Crippen molar-refractivity contribution in [2.45, 2.75) is 18.9 Å². The minimum atomic E-state index is 0.0747. The molecular weight excluding hydrogens is 340 g/mol. The first-order chi connectivity index (χ1) is 13.2. The van der Waals surface area contributed by atoms with E-state index in [2.05, 4.69) is 39.4 Å². The van der Waals surface area contributed by atoms with Crippen molar-refractivity contribution >= 4 is 11.4 Å². The van der Waals surface area contributed by atoms with Gasteiger partial charge in [-0.25, -0.2) is 4.52 Å². The predicted molar refractivity (Wildman–Crippen MR) is 101 cm³/mol. The third-order valence-corrected chi connectivity index (χ3v) is 5.66. The van der Waals surface area contributed by atoms with Gasteiger partial charge in [-0.05, 0) is 43.7 Å². The molecule has 1 saturated heterocycles. The van der Waals surface area contributed by atoms with E-state index in [9.17, 15) is 4.79 Å². The highest BCUT2D eigenvalue weighted by Crippen LogP contribution is 2.34. The number of hydrogen-bond acceptors (Lipinski definition) is 5. The number of piperazine rings is 1. The molecule has 1 atom stereocenters. The van der Waals surface area contributed by atoms with E-state index < -0.39 is 0 Å². The molecule has 1 unspecified atom stereocenters. The Labute approximate surface area is 157 Å². The molecule has 0 aromatic carbocycles. The summed E-state index contributed by atoms with van der Waals surface area (Å²) in [6.07, 6.45) is 7.66. The lowest BCUT2D eigenvalue weighted by atomic mass is 10.1. The number of aromatic nitrogens is 4. The molecular formula is C20H22N6O. The second kappa shape index (κ2) is 6.42. The SMILES string of the molecule is CN1CCN(C(=O)C2CC2)CC1c1nnn2cc(-c3ccncc3)ccc12. The van der Waals surface area contributed by atoms with Crippen LogP contribution in [0, 0.1) is 5.92 Å². The molecule has 0 N–H and O–H groups in total. The summed E-state index contributed by atoms with van der Waals surface area (Å²) < 4.78 is 1.83. The van der Waals surface area contributed by atoms with Crippen LogP contribution in [0.3, 0.4) is 0 Å². The van der Waals surface area contributed by atoms with E-state index >= 15 is 0 Å². The quantitative estimate of drug-likeness (QED) is 0.713. The van der Waals surface area contributed by atoms with Crippen LogP contribution in [-0.4, -0.2) is 62.2 Å². The molecule has 5 rings (SSSR count). The van der Waals surface area contributed by atoms with Crippen molar-refractivity contribution < 1.29 is 4.79 Å². The standard InChI is InChI=1S/C20H22N6O/c1-24-10-11-25(20(27)15-2-3-15)13-18(24)19-17-5-4-16(12-26(17)23-22-19)14-6-8-21-9-7-14/h4-9,12,15,18H,2-3,10-11,13H2,1H3. The van der Waals surface area contributed by atoms with Crippen LogP contribution in [-0.2, 0) is 4.79 Å². The summed E-state index contributed by atoms with van der Waals surface area (Å²) in [7, 11) is 2.10. The fourth-order valence-electron chi connectivity index (χ4n) is 3.82. The van der Waals surface area contributed by atoms with Crippen molar-refractivity contribution in [3.8, 4) is 11.1 Å². The highest BCUT2D eigenvalue weighted by molar-refractivity contribution is 5.81. The Morgan fingerprint density at radius 2 is 1.89 bits per heavy atom. The Morgan fingerprint density at radius 1 is 1.07 bits per heavy atom. The molecule has 0 spiro atoms. The molecule has 2 fully saturated rings. The number of nitrogens with zero attached hydrogens (tertiary/aromatic N) is 6. The average Bonchev–Trinajstić information content (AvgIpc) is 3.48. The van der Waals surface area contributed by atoms with Crippen molar-refractivity contribution in [1.82, 2.24) is 29.6 Å². The van der Waals surface area contributed by atoms with Crippen molar-refractivity contribution in [3.63, 3.8) is 0 Å². The highest BCUT2D eigenvalue weighted by atomic mass is 16.2. The summed E-state index contributed by atoms with van der Waals surface area (Å²) in [5.41, 5.74) is 4.10. The molecule has 1 saturated carbocycles. The van der Waals surface area contributed by atoms with Gasteiger partial charge in [-0.1, -0.05) is 11.3 Å². The second-order valence-electron chi connectivity index (χ2n) is 7.51. The lowest BCUT2D eigenvalue weighted by Gasteiger charge is -2.38. The molecule has 7 nitrogen and oxygen atoms in total. The molecule has 1 amide bonds. The third-order valence-electron chi connectivity index (χ3n) is 5.66. The van der Waals surface area contributed by atoms with Gasteiger partial charge in [-0.3, -0.25) is 14.7 Å². The van der Waals surface area contributed by atoms with E-state index in [1.54, 1.807) is 12.4 Å². The topological polar surface area (TPSA) is 66.6 Å². The molecule has 2 aliphatic rings. The number of carbonyl (C=O) groups excluding carboxylic acids is 1. The first kappa shape index (κ1) is 16.4. The Balaban J connectivity index is 1.46. The number of carbonyl (C=O) groups is 1. The van der Waals surface area contributed by atoms with Crippen molar-refractivity contribution in [2.24, 2.45) is 5.92 Å². The maximum absolute atomic E-state index is 12.5. The minimum absolute atomic E-state index is 0.0747. The van der Waals surface area contributed by atoms with E-state index in [4.69, 9.17) is 0 Å². The molecule has 0 radical (unpaired) electrons. The summed E-state index contributed by atoms with van der Waals surface area (Å²) in [5, 5.41) is 8.83. The molecule has 1 aliphatic carbocycles. The van der Waals surface area contributed by atoms with Crippen LogP contribution >= 0.6 is 0 Å². The Morgan fingerprint density at radius 3 is 2.67 bits per heavy atom. The maximum Gasteiger partial charge on any atom is 0.225 e.